The van der Waals surface area contributed by atoms with Crippen LogP contribution in [-0.4, -0.2) is 29.2 Å². The molecule has 1 aromatic heterocycles. The van der Waals surface area contributed by atoms with Crippen LogP contribution in [0, 0.1) is 0 Å². The lowest BCUT2D eigenvalue weighted by molar-refractivity contribution is -0.154. The molecular formula is C14H16F3N3O. The van der Waals surface area contributed by atoms with E-state index in [0.29, 0.717) is 12.4 Å². The molecule has 114 valence electrons. The van der Waals surface area contributed by atoms with E-state index in [-0.39, 0.29) is 11.9 Å². The van der Waals surface area contributed by atoms with E-state index in [0.717, 1.165) is 5.56 Å². The van der Waals surface area contributed by atoms with Crippen molar-refractivity contribution in [1.82, 2.24) is 9.88 Å². The number of hydrogen-bond acceptors (Lipinski definition) is 4. The van der Waals surface area contributed by atoms with Crippen molar-refractivity contribution in [3.63, 3.8) is 0 Å². The Morgan fingerprint density at radius 3 is 2.76 bits per heavy atom. The summed E-state index contributed by atoms with van der Waals surface area (Å²) < 4.78 is 40.7. The molecule has 0 saturated carbocycles. The predicted molar refractivity (Wildman–Crippen MR) is 72.3 cm³/mol. The van der Waals surface area contributed by atoms with Gasteiger partial charge in [-0.05, 0) is 18.6 Å². The van der Waals surface area contributed by atoms with E-state index < -0.39 is 12.8 Å². The Morgan fingerprint density at radius 2 is 2.19 bits per heavy atom. The molecule has 1 aromatic rings. The summed E-state index contributed by atoms with van der Waals surface area (Å²) >= 11 is 0. The molecule has 0 bridgehead atoms. The SMILES string of the molecule is CC(c1ccc(OCC(F)(F)F)nc1)N1CC=CC=C1N. The van der Waals surface area contributed by atoms with Crippen molar-refractivity contribution in [2.24, 2.45) is 5.73 Å². The van der Waals surface area contributed by atoms with Crippen molar-refractivity contribution in [2.45, 2.75) is 19.1 Å². The minimum atomic E-state index is -4.37. The lowest BCUT2D eigenvalue weighted by Crippen LogP contribution is -2.32. The van der Waals surface area contributed by atoms with Crippen LogP contribution in [0.3, 0.4) is 0 Å². The fourth-order valence-corrected chi connectivity index (χ4v) is 1.98. The van der Waals surface area contributed by atoms with Gasteiger partial charge in [0, 0.05) is 18.8 Å². The Bertz CT molecular complexity index is 537. The fraction of sp³-hybridized carbons (Fsp3) is 0.357. The molecule has 0 aromatic carbocycles. The van der Waals surface area contributed by atoms with Gasteiger partial charge in [0.25, 0.3) is 0 Å². The van der Waals surface area contributed by atoms with E-state index in [1.165, 1.54) is 12.3 Å². The number of nitrogens with two attached hydrogens (primary N) is 1. The van der Waals surface area contributed by atoms with Crippen molar-refractivity contribution in [2.75, 3.05) is 13.2 Å². The lowest BCUT2D eigenvalue weighted by atomic mass is 10.1. The summed E-state index contributed by atoms with van der Waals surface area (Å²) in [5.41, 5.74) is 6.76. The predicted octanol–water partition coefficient (Wildman–Crippen LogP) is 2.76. The summed E-state index contributed by atoms with van der Waals surface area (Å²) in [5, 5.41) is 0. The number of allylic oxidation sites excluding steroid dienone is 2. The first-order valence-electron chi connectivity index (χ1n) is 6.41. The molecule has 2 heterocycles. The molecule has 2 N–H and O–H groups in total. The third-order valence-electron chi connectivity index (χ3n) is 3.13. The first kappa shape index (κ1) is 15.2. The van der Waals surface area contributed by atoms with Crippen molar-refractivity contribution >= 4 is 0 Å². The third-order valence-corrected chi connectivity index (χ3v) is 3.13. The van der Waals surface area contributed by atoms with Crippen LogP contribution in [0.4, 0.5) is 13.2 Å². The highest BCUT2D eigenvalue weighted by Gasteiger charge is 2.28. The van der Waals surface area contributed by atoms with Gasteiger partial charge in [-0.1, -0.05) is 18.2 Å². The Labute approximate surface area is 120 Å². The molecule has 1 aliphatic heterocycles. The van der Waals surface area contributed by atoms with Crippen molar-refractivity contribution in [1.29, 1.82) is 0 Å². The molecule has 0 amide bonds. The van der Waals surface area contributed by atoms with Gasteiger partial charge in [0.05, 0.1) is 11.9 Å². The quantitative estimate of drug-likeness (QED) is 0.929. The number of aromatic nitrogens is 1. The minimum Gasteiger partial charge on any atom is -0.468 e. The highest BCUT2D eigenvalue weighted by Crippen LogP contribution is 2.25. The van der Waals surface area contributed by atoms with Crippen LogP contribution in [0.2, 0.25) is 0 Å². The van der Waals surface area contributed by atoms with Crippen LogP contribution in [0.1, 0.15) is 18.5 Å². The number of rotatable bonds is 4. The van der Waals surface area contributed by atoms with Gasteiger partial charge in [-0.15, -0.1) is 0 Å². The van der Waals surface area contributed by atoms with Crippen LogP contribution in [-0.2, 0) is 0 Å². The van der Waals surface area contributed by atoms with Gasteiger partial charge >= 0.3 is 6.18 Å². The minimum absolute atomic E-state index is 0.0321. The molecule has 0 aliphatic carbocycles. The molecule has 0 radical (unpaired) electrons. The van der Waals surface area contributed by atoms with Crippen molar-refractivity contribution in [3.05, 3.63) is 47.9 Å². The normalized spacial score (nSPS) is 16.6. The van der Waals surface area contributed by atoms with E-state index in [1.54, 1.807) is 12.1 Å². The van der Waals surface area contributed by atoms with E-state index >= 15 is 0 Å². The Morgan fingerprint density at radius 1 is 1.43 bits per heavy atom. The summed E-state index contributed by atoms with van der Waals surface area (Å²) in [7, 11) is 0. The van der Waals surface area contributed by atoms with E-state index in [1.807, 2.05) is 24.0 Å². The molecule has 7 heteroatoms. The summed E-state index contributed by atoms with van der Waals surface area (Å²) in [6, 6.07) is 3.09. The number of nitrogens with zero attached hydrogens (tertiary/aromatic N) is 2. The molecular weight excluding hydrogens is 283 g/mol. The molecule has 2 rings (SSSR count). The van der Waals surface area contributed by atoms with Gasteiger partial charge in [0.15, 0.2) is 6.61 Å². The monoisotopic (exact) mass is 299 g/mol. The summed E-state index contributed by atoms with van der Waals surface area (Å²) in [5.74, 6) is 0.590. The standard InChI is InChI=1S/C14H16F3N3O/c1-10(20-7-3-2-4-12(20)18)11-5-6-13(19-8-11)21-9-14(15,16)17/h2-6,8,10H,7,9,18H2,1H3. The van der Waals surface area contributed by atoms with Crippen LogP contribution >= 0.6 is 0 Å². The Kier molecular flexibility index (Phi) is 4.40. The smallest absolute Gasteiger partial charge is 0.422 e. The molecule has 1 atom stereocenters. The number of pyridine rings is 1. The van der Waals surface area contributed by atoms with Crippen molar-refractivity contribution in [3.8, 4) is 5.88 Å². The molecule has 1 aliphatic rings. The van der Waals surface area contributed by atoms with Gasteiger partial charge in [-0.25, -0.2) is 4.98 Å². The maximum Gasteiger partial charge on any atom is 0.422 e. The largest absolute Gasteiger partial charge is 0.468 e. The first-order chi connectivity index (χ1) is 9.87. The van der Waals surface area contributed by atoms with Crippen LogP contribution in [0.5, 0.6) is 5.88 Å². The second kappa shape index (κ2) is 6.07. The zero-order valence-electron chi connectivity index (χ0n) is 11.5. The van der Waals surface area contributed by atoms with Gasteiger partial charge in [-0.3, -0.25) is 0 Å². The summed E-state index contributed by atoms with van der Waals surface area (Å²) in [6.07, 6.45) is 2.79. The Hall–Kier alpha value is -2.18. The lowest BCUT2D eigenvalue weighted by Gasteiger charge is -2.32. The van der Waals surface area contributed by atoms with Crippen molar-refractivity contribution < 1.29 is 17.9 Å². The second-order valence-electron chi connectivity index (χ2n) is 4.68. The summed E-state index contributed by atoms with van der Waals surface area (Å²) in [4.78, 5) is 5.86. The number of halogens is 3. The van der Waals surface area contributed by atoms with E-state index in [4.69, 9.17) is 5.73 Å². The average molecular weight is 299 g/mol. The van der Waals surface area contributed by atoms with Gasteiger partial charge in [-0.2, -0.15) is 13.2 Å². The zero-order valence-corrected chi connectivity index (χ0v) is 11.5. The highest BCUT2D eigenvalue weighted by atomic mass is 19.4. The molecule has 1 unspecified atom stereocenters. The molecule has 0 saturated heterocycles. The molecule has 4 nitrogen and oxygen atoms in total. The summed E-state index contributed by atoms with van der Waals surface area (Å²) in [6.45, 7) is 1.28. The van der Waals surface area contributed by atoms with Crippen LogP contribution in [0.25, 0.3) is 0 Å². The highest BCUT2D eigenvalue weighted by molar-refractivity contribution is 5.24. The maximum atomic E-state index is 12.0. The third kappa shape index (κ3) is 4.14. The second-order valence-corrected chi connectivity index (χ2v) is 4.68. The van der Waals surface area contributed by atoms with Gasteiger partial charge in [0.2, 0.25) is 5.88 Å². The average Bonchev–Trinajstić information content (AvgIpc) is 2.45. The fourth-order valence-electron chi connectivity index (χ4n) is 1.98. The van der Waals surface area contributed by atoms with Crippen LogP contribution < -0.4 is 10.5 Å². The molecule has 0 fully saturated rings. The van der Waals surface area contributed by atoms with E-state index in [2.05, 4.69) is 9.72 Å². The van der Waals surface area contributed by atoms with Gasteiger partial charge < -0.3 is 15.4 Å². The number of hydrogen-bond donors (Lipinski definition) is 1. The maximum absolute atomic E-state index is 12.0. The topological polar surface area (TPSA) is 51.4 Å². The first-order valence-corrected chi connectivity index (χ1v) is 6.41. The molecule has 21 heavy (non-hydrogen) atoms. The van der Waals surface area contributed by atoms with Gasteiger partial charge in [0.1, 0.15) is 0 Å². The molecule has 0 spiro atoms. The zero-order chi connectivity index (χ0) is 15.5. The number of ether oxygens (including phenoxy) is 1. The van der Waals surface area contributed by atoms with Crippen LogP contribution in [0.15, 0.2) is 42.4 Å². The Balaban J connectivity index is 2.01. The van der Waals surface area contributed by atoms with E-state index in [9.17, 15) is 13.2 Å². The number of alkyl halides is 3.